The molecule has 4 heteroatoms. The number of rotatable bonds is 2. The van der Waals surface area contributed by atoms with E-state index >= 15 is 0 Å². The number of ketones is 1. The molecule has 0 saturated heterocycles. The number of fused-ring (bicyclic) bond motifs is 1. The summed E-state index contributed by atoms with van der Waals surface area (Å²) in [6.45, 7) is 3.85. The molecule has 70 valence electrons. The van der Waals surface area contributed by atoms with E-state index in [1.807, 2.05) is 6.92 Å². The van der Waals surface area contributed by atoms with E-state index in [2.05, 4.69) is 5.16 Å². The van der Waals surface area contributed by atoms with Crippen molar-refractivity contribution in [2.45, 2.75) is 32.5 Å². The van der Waals surface area contributed by atoms with Gasteiger partial charge < -0.3 is 9.26 Å². The van der Waals surface area contributed by atoms with Crippen LogP contribution in [0.1, 0.15) is 31.5 Å². The van der Waals surface area contributed by atoms with Crippen LogP contribution in [0.4, 0.5) is 0 Å². The van der Waals surface area contributed by atoms with Gasteiger partial charge in [-0.3, -0.25) is 4.79 Å². The molecule has 4 nitrogen and oxygen atoms in total. The number of hydrogen-bond acceptors (Lipinski definition) is 4. The number of carbonyl (C=O) groups excluding carboxylic acids is 1. The van der Waals surface area contributed by atoms with Gasteiger partial charge in [0.25, 0.3) is 0 Å². The zero-order valence-corrected chi connectivity index (χ0v) is 7.66. The van der Waals surface area contributed by atoms with Gasteiger partial charge in [0, 0.05) is 5.56 Å². The summed E-state index contributed by atoms with van der Waals surface area (Å²) in [6, 6.07) is 0. The van der Waals surface area contributed by atoms with Gasteiger partial charge in [-0.25, -0.2) is 0 Å². The second-order valence-electron chi connectivity index (χ2n) is 3.21. The van der Waals surface area contributed by atoms with Crippen molar-refractivity contribution in [2.75, 3.05) is 0 Å². The number of aromatic nitrogens is 1. The first-order chi connectivity index (χ1) is 6.20. The Bertz CT molecular complexity index is 344. The lowest BCUT2D eigenvalue weighted by atomic mass is 9.92. The predicted molar refractivity (Wildman–Crippen MR) is 43.9 cm³/mol. The maximum absolute atomic E-state index is 11.5. The molecule has 2 rings (SSSR count). The third-order valence-electron chi connectivity index (χ3n) is 2.57. The SMILES string of the molecule is CCC1(C(C)=O)OCc2conc21. The average molecular weight is 181 g/mol. The Labute approximate surface area is 75.9 Å². The lowest BCUT2D eigenvalue weighted by Gasteiger charge is -2.22. The molecule has 0 radical (unpaired) electrons. The Kier molecular flexibility index (Phi) is 1.73. The second-order valence-corrected chi connectivity index (χ2v) is 3.21. The van der Waals surface area contributed by atoms with Crippen molar-refractivity contribution in [3.8, 4) is 0 Å². The monoisotopic (exact) mass is 181 g/mol. The predicted octanol–water partition coefficient (Wildman–Crippen LogP) is 1.40. The van der Waals surface area contributed by atoms with Crippen LogP contribution in [0.25, 0.3) is 0 Å². The van der Waals surface area contributed by atoms with E-state index in [0.29, 0.717) is 18.7 Å². The molecule has 1 aromatic heterocycles. The Balaban J connectivity index is 2.51. The molecule has 1 aromatic rings. The van der Waals surface area contributed by atoms with Crippen molar-refractivity contribution in [2.24, 2.45) is 0 Å². The van der Waals surface area contributed by atoms with Crippen molar-refractivity contribution in [3.05, 3.63) is 17.5 Å². The molecule has 0 bridgehead atoms. The first-order valence-corrected chi connectivity index (χ1v) is 4.29. The summed E-state index contributed by atoms with van der Waals surface area (Å²) < 4.78 is 10.3. The van der Waals surface area contributed by atoms with Gasteiger partial charge in [0.15, 0.2) is 11.4 Å². The number of Topliss-reactive ketones (excluding diaryl/α,β-unsaturated/α-hetero) is 1. The van der Waals surface area contributed by atoms with Crippen LogP contribution in [0.5, 0.6) is 0 Å². The van der Waals surface area contributed by atoms with Crippen molar-refractivity contribution in [1.82, 2.24) is 5.16 Å². The molecule has 13 heavy (non-hydrogen) atoms. The molecular weight excluding hydrogens is 170 g/mol. The summed E-state index contributed by atoms with van der Waals surface area (Å²) in [4.78, 5) is 11.5. The fraction of sp³-hybridized carbons (Fsp3) is 0.556. The van der Waals surface area contributed by atoms with Gasteiger partial charge in [-0.05, 0) is 13.3 Å². The highest BCUT2D eigenvalue weighted by molar-refractivity contribution is 5.86. The van der Waals surface area contributed by atoms with E-state index in [-0.39, 0.29) is 5.78 Å². The Hall–Kier alpha value is -1.16. The van der Waals surface area contributed by atoms with Crippen LogP contribution < -0.4 is 0 Å². The quantitative estimate of drug-likeness (QED) is 0.692. The first-order valence-electron chi connectivity index (χ1n) is 4.29. The topological polar surface area (TPSA) is 52.3 Å². The molecule has 1 aliphatic heterocycles. The number of nitrogens with zero attached hydrogens (tertiary/aromatic N) is 1. The molecule has 2 heterocycles. The van der Waals surface area contributed by atoms with Crippen LogP contribution >= 0.6 is 0 Å². The molecule has 0 amide bonds. The normalized spacial score (nSPS) is 26.0. The average Bonchev–Trinajstić information content (AvgIpc) is 2.62. The molecule has 0 aliphatic carbocycles. The minimum atomic E-state index is -0.845. The Morgan fingerprint density at radius 1 is 1.77 bits per heavy atom. The van der Waals surface area contributed by atoms with E-state index < -0.39 is 5.60 Å². The number of hydrogen-bond donors (Lipinski definition) is 0. The molecule has 0 aromatic carbocycles. The molecule has 1 unspecified atom stereocenters. The summed E-state index contributed by atoms with van der Waals surface area (Å²) >= 11 is 0. The highest BCUT2D eigenvalue weighted by atomic mass is 16.5. The van der Waals surface area contributed by atoms with Crippen molar-refractivity contribution in [1.29, 1.82) is 0 Å². The van der Waals surface area contributed by atoms with E-state index in [4.69, 9.17) is 9.26 Å². The highest BCUT2D eigenvalue weighted by Crippen LogP contribution is 2.38. The molecule has 1 atom stereocenters. The fourth-order valence-electron chi connectivity index (χ4n) is 1.75. The minimum absolute atomic E-state index is 0.0114. The van der Waals surface area contributed by atoms with Crippen LogP contribution in [-0.2, 0) is 21.7 Å². The molecule has 1 aliphatic rings. The van der Waals surface area contributed by atoms with E-state index in [1.54, 1.807) is 0 Å². The maximum atomic E-state index is 11.5. The van der Waals surface area contributed by atoms with Crippen molar-refractivity contribution >= 4 is 5.78 Å². The standard InChI is InChI=1S/C9H11NO3/c1-3-9(6(2)11)8-7(4-12-9)5-13-10-8/h5H,3-4H2,1-2H3. The molecule has 0 spiro atoms. The number of carbonyl (C=O) groups is 1. The fourth-order valence-corrected chi connectivity index (χ4v) is 1.75. The summed E-state index contributed by atoms with van der Waals surface area (Å²) in [6.07, 6.45) is 2.14. The van der Waals surface area contributed by atoms with Gasteiger partial charge in [0.2, 0.25) is 0 Å². The number of ether oxygens (including phenoxy) is 1. The van der Waals surface area contributed by atoms with Crippen molar-refractivity contribution in [3.63, 3.8) is 0 Å². The first kappa shape index (κ1) is 8.44. The van der Waals surface area contributed by atoms with E-state index in [1.165, 1.54) is 13.2 Å². The summed E-state index contributed by atoms with van der Waals surface area (Å²) in [5.74, 6) is -0.0114. The Morgan fingerprint density at radius 3 is 3.15 bits per heavy atom. The summed E-state index contributed by atoms with van der Waals surface area (Å²) in [7, 11) is 0. The Morgan fingerprint density at radius 2 is 2.54 bits per heavy atom. The maximum Gasteiger partial charge on any atom is 0.171 e. The van der Waals surface area contributed by atoms with Gasteiger partial charge in [0.05, 0.1) is 6.61 Å². The van der Waals surface area contributed by atoms with Gasteiger partial charge in [-0.15, -0.1) is 0 Å². The second kappa shape index (κ2) is 2.67. The van der Waals surface area contributed by atoms with E-state index in [0.717, 1.165) is 5.56 Å². The largest absolute Gasteiger partial charge is 0.364 e. The minimum Gasteiger partial charge on any atom is -0.364 e. The smallest absolute Gasteiger partial charge is 0.171 e. The molecule has 0 N–H and O–H groups in total. The summed E-state index contributed by atoms with van der Waals surface area (Å²) in [5, 5.41) is 3.82. The zero-order chi connectivity index (χ0) is 9.47. The molecule has 0 saturated carbocycles. The van der Waals surface area contributed by atoms with Gasteiger partial charge >= 0.3 is 0 Å². The van der Waals surface area contributed by atoms with Crippen LogP contribution in [0, 0.1) is 0 Å². The zero-order valence-electron chi connectivity index (χ0n) is 7.66. The van der Waals surface area contributed by atoms with Crippen molar-refractivity contribution < 1.29 is 14.1 Å². The third kappa shape index (κ3) is 0.951. The van der Waals surface area contributed by atoms with Gasteiger partial charge in [-0.2, -0.15) is 0 Å². The van der Waals surface area contributed by atoms with Crippen LogP contribution in [0.3, 0.4) is 0 Å². The lowest BCUT2D eigenvalue weighted by molar-refractivity contribution is -0.143. The van der Waals surface area contributed by atoms with Gasteiger partial charge in [0.1, 0.15) is 12.0 Å². The van der Waals surface area contributed by atoms with E-state index in [9.17, 15) is 4.79 Å². The third-order valence-corrected chi connectivity index (χ3v) is 2.57. The van der Waals surface area contributed by atoms with Crippen LogP contribution in [-0.4, -0.2) is 10.9 Å². The molecule has 0 fully saturated rings. The molecular formula is C9H11NO3. The van der Waals surface area contributed by atoms with Gasteiger partial charge in [-0.1, -0.05) is 12.1 Å². The van der Waals surface area contributed by atoms with Crippen LogP contribution in [0.15, 0.2) is 10.8 Å². The summed E-state index contributed by atoms with van der Waals surface area (Å²) in [5.41, 5.74) is 0.696. The highest BCUT2D eigenvalue weighted by Gasteiger charge is 2.46. The lowest BCUT2D eigenvalue weighted by Crippen LogP contribution is -2.33. The van der Waals surface area contributed by atoms with Crippen LogP contribution in [0.2, 0.25) is 0 Å².